The summed E-state index contributed by atoms with van der Waals surface area (Å²) in [7, 11) is 0. The summed E-state index contributed by atoms with van der Waals surface area (Å²) >= 11 is 0. The van der Waals surface area contributed by atoms with Gasteiger partial charge in [0.05, 0.1) is 5.29 Å². The standard InChI is InChI=1S/C18H19N3O2/c19-17(22)18(14-7-3-1-4-8-14,15-9-5-2-6-10-15)16-11-12-21(13-16)20-23/h1-10,16H,11-13H2,(H2,19,22)/t16-/m0/s1. The van der Waals surface area contributed by atoms with Gasteiger partial charge in [0.1, 0.15) is 5.41 Å². The molecule has 1 fully saturated rings. The molecule has 5 nitrogen and oxygen atoms in total. The highest BCUT2D eigenvalue weighted by Crippen LogP contribution is 2.43. The first kappa shape index (κ1) is 15.2. The minimum absolute atomic E-state index is 0.0949. The van der Waals surface area contributed by atoms with Gasteiger partial charge in [0.15, 0.2) is 0 Å². The summed E-state index contributed by atoms with van der Waals surface area (Å²) < 4.78 is 0. The van der Waals surface area contributed by atoms with Crippen molar-refractivity contribution < 1.29 is 4.79 Å². The first-order chi connectivity index (χ1) is 11.2. The zero-order chi connectivity index (χ0) is 16.3. The molecule has 2 aromatic rings. The van der Waals surface area contributed by atoms with Gasteiger partial charge >= 0.3 is 0 Å². The predicted molar refractivity (Wildman–Crippen MR) is 88.3 cm³/mol. The lowest BCUT2D eigenvalue weighted by molar-refractivity contribution is -0.123. The Morgan fingerprint density at radius 2 is 1.57 bits per heavy atom. The van der Waals surface area contributed by atoms with Gasteiger partial charge in [0.2, 0.25) is 5.91 Å². The summed E-state index contributed by atoms with van der Waals surface area (Å²) in [5.41, 5.74) is 6.70. The van der Waals surface area contributed by atoms with E-state index in [1.165, 1.54) is 5.01 Å². The molecule has 0 radical (unpaired) electrons. The Bertz CT molecular complexity index is 648. The Labute approximate surface area is 135 Å². The third-order valence-corrected chi connectivity index (χ3v) is 4.74. The minimum atomic E-state index is -0.956. The summed E-state index contributed by atoms with van der Waals surface area (Å²) in [5, 5.41) is 4.50. The number of nitrogens with two attached hydrogens (primary N) is 1. The Hall–Kier alpha value is -2.69. The average molecular weight is 309 g/mol. The molecule has 23 heavy (non-hydrogen) atoms. The maximum absolute atomic E-state index is 12.7. The SMILES string of the molecule is NC(=O)C(c1ccccc1)(c1ccccc1)[C@H]1CCN(N=O)C1. The van der Waals surface area contributed by atoms with Gasteiger partial charge in [-0.2, -0.15) is 0 Å². The van der Waals surface area contributed by atoms with Gasteiger partial charge in [-0.1, -0.05) is 60.7 Å². The predicted octanol–water partition coefficient (Wildman–Crippen LogP) is 2.46. The summed E-state index contributed by atoms with van der Waals surface area (Å²) in [4.78, 5) is 23.6. The monoisotopic (exact) mass is 309 g/mol. The molecule has 2 N–H and O–H groups in total. The van der Waals surface area contributed by atoms with Crippen LogP contribution >= 0.6 is 0 Å². The lowest BCUT2D eigenvalue weighted by Crippen LogP contribution is -2.49. The van der Waals surface area contributed by atoms with E-state index in [2.05, 4.69) is 5.29 Å². The van der Waals surface area contributed by atoms with E-state index < -0.39 is 11.3 Å². The Morgan fingerprint density at radius 1 is 1.04 bits per heavy atom. The number of hydrogen-bond donors (Lipinski definition) is 1. The molecular formula is C18H19N3O2. The summed E-state index contributed by atoms with van der Waals surface area (Å²) in [6.45, 7) is 0.971. The van der Waals surface area contributed by atoms with E-state index >= 15 is 0 Å². The van der Waals surface area contributed by atoms with E-state index in [-0.39, 0.29) is 5.92 Å². The third kappa shape index (κ3) is 2.48. The second-order valence-electron chi connectivity index (χ2n) is 5.88. The van der Waals surface area contributed by atoms with Crippen molar-refractivity contribution in [3.63, 3.8) is 0 Å². The van der Waals surface area contributed by atoms with E-state index in [0.29, 0.717) is 19.5 Å². The second-order valence-corrected chi connectivity index (χ2v) is 5.88. The molecule has 1 aliphatic rings. The van der Waals surface area contributed by atoms with Crippen molar-refractivity contribution in [3.8, 4) is 0 Å². The van der Waals surface area contributed by atoms with Crippen LogP contribution < -0.4 is 5.73 Å². The molecule has 2 aromatic carbocycles. The van der Waals surface area contributed by atoms with E-state index in [0.717, 1.165) is 11.1 Å². The molecule has 0 spiro atoms. The van der Waals surface area contributed by atoms with E-state index in [4.69, 9.17) is 5.73 Å². The number of carbonyl (C=O) groups excluding carboxylic acids is 1. The topological polar surface area (TPSA) is 75.8 Å². The minimum Gasteiger partial charge on any atom is -0.369 e. The number of amides is 1. The van der Waals surface area contributed by atoms with E-state index in [9.17, 15) is 9.70 Å². The van der Waals surface area contributed by atoms with Crippen LogP contribution in [0.2, 0.25) is 0 Å². The maximum Gasteiger partial charge on any atom is 0.232 e. The number of primary amides is 1. The number of benzene rings is 2. The van der Waals surface area contributed by atoms with Gasteiger partial charge < -0.3 is 5.73 Å². The van der Waals surface area contributed by atoms with E-state index in [1.807, 2.05) is 60.7 Å². The van der Waals surface area contributed by atoms with Crippen molar-refractivity contribution in [3.05, 3.63) is 76.7 Å². The highest BCUT2D eigenvalue weighted by Gasteiger charge is 2.49. The van der Waals surface area contributed by atoms with E-state index in [1.54, 1.807) is 0 Å². The largest absolute Gasteiger partial charge is 0.369 e. The average Bonchev–Trinajstić information content (AvgIpc) is 3.06. The number of rotatable bonds is 5. The zero-order valence-corrected chi connectivity index (χ0v) is 12.8. The molecule has 0 unspecified atom stereocenters. The molecule has 0 bridgehead atoms. The quantitative estimate of drug-likeness (QED) is 0.862. The maximum atomic E-state index is 12.7. The first-order valence-electron chi connectivity index (χ1n) is 7.68. The number of hydrogen-bond acceptors (Lipinski definition) is 3. The van der Waals surface area contributed by atoms with Crippen LogP contribution in [0.3, 0.4) is 0 Å². The van der Waals surface area contributed by atoms with Crippen LogP contribution in [0.25, 0.3) is 0 Å². The van der Waals surface area contributed by atoms with Crippen LogP contribution in [0, 0.1) is 10.8 Å². The van der Waals surface area contributed by atoms with Crippen LogP contribution in [0.15, 0.2) is 65.9 Å². The van der Waals surface area contributed by atoms with Gasteiger partial charge in [-0.3, -0.25) is 9.80 Å². The summed E-state index contributed by atoms with van der Waals surface area (Å²) in [6.07, 6.45) is 0.693. The molecule has 0 aromatic heterocycles. The van der Waals surface area contributed by atoms with Gasteiger partial charge in [0.25, 0.3) is 0 Å². The summed E-state index contributed by atoms with van der Waals surface area (Å²) in [5.74, 6) is -0.491. The first-order valence-corrected chi connectivity index (χ1v) is 7.68. The van der Waals surface area contributed by atoms with Gasteiger partial charge in [-0.15, -0.1) is 4.91 Å². The lowest BCUT2D eigenvalue weighted by atomic mass is 9.65. The number of nitroso groups, excluding NO2 is 1. The Balaban J connectivity index is 2.19. The molecule has 118 valence electrons. The number of carbonyl (C=O) groups is 1. The molecule has 0 saturated carbocycles. The fourth-order valence-electron chi connectivity index (χ4n) is 3.70. The molecule has 1 amide bonds. The molecule has 3 rings (SSSR count). The molecule has 1 heterocycles. The van der Waals surface area contributed by atoms with Crippen molar-refractivity contribution >= 4 is 5.91 Å². The van der Waals surface area contributed by atoms with Gasteiger partial charge in [-0.05, 0) is 17.5 Å². The lowest BCUT2D eigenvalue weighted by Gasteiger charge is -2.37. The Kier molecular flexibility index (Phi) is 4.10. The van der Waals surface area contributed by atoms with Crippen LogP contribution in [0.5, 0.6) is 0 Å². The van der Waals surface area contributed by atoms with Gasteiger partial charge in [-0.25, -0.2) is 0 Å². The highest BCUT2D eigenvalue weighted by molar-refractivity contribution is 5.91. The van der Waals surface area contributed by atoms with Crippen LogP contribution in [-0.2, 0) is 10.2 Å². The summed E-state index contributed by atoms with van der Waals surface area (Å²) in [6, 6.07) is 19.1. The Morgan fingerprint density at radius 3 is 1.96 bits per heavy atom. The smallest absolute Gasteiger partial charge is 0.232 e. The van der Waals surface area contributed by atoms with Gasteiger partial charge in [0, 0.05) is 19.0 Å². The molecule has 0 aliphatic carbocycles. The molecular weight excluding hydrogens is 290 g/mol. The van der Waals surface area contributed by atoms with Crippen molar-refractivity contribution in [2.24, 2.45) is 16.9 Å². The fourth-order valence-corrected chi connectivity index (χ4v) is 3.70. The van der Waals surface area contributed by atoms with Crippen molar-refractivity contribution in [1.82, 2.24) is 5.01 Å². The van der Waals surface area contributed by atoms with Crippen molar-refractivity contribution in [2.75, 3.05) is 13.1 Å². The van der Waals surface area contributed by atoms with Crippen molar-refractivity contribution in [2.45, 2.75) is 11.8 Å². The molecule has 1 saturated heterocycles. The molecule has 1 aliphatic heterocycles. The van der Waals surface area contributed by atoms with Crippen LogP contribution in [-0.4, -0.2) is 24.0 Å². The zero-order valence-electron chi connectivity index (χ0n) is 12.8. The molecule has 1 atom stereocenters. The van der Waals surface area contributed by atoms with Crippen LogP contribution in [0.4, 0.5) is 0 Å². The van der Waals surface area contributed by atoms with Crippen LogP contribution in [0.1, 0.15) is 17.5 Å². The number of nitrogens with zero attached hydrogens (tertiary/aromatic N) is 2. The highest BCUT2D eigenvalue weighted by atomic mass is 16.3. The normalized spacial score (nSPS) is 17.9. The fraction of sp³-hybridized carbons (Fsp3) is 0.278. The second kappa shape index (κ2) is 6.20. The third-order valence-electron chi connectivity index (χ3n) is 4.74. The van der Waals surface area contributed by atoms with Crippen molar-refractivity contribution in [1.29, 1.82) is 0 Å². The molecule has 5 heteroatoms.